The monoisotopic (exact) mass is 319 g/mol. The Hall–Kier alpha value is 0.610. The van der Waals surface area contributed by atoms with Gasteiger partial charge >= 0.3 is 15.2 Å². The van der Waals surface area contributed by atoms with E-state index in [1.54, 1.807) is 0 Å². The Morgan fingerprint density at radius 1 is 1.11 bits per heavy atom. The molecule has 0 aromatic carbocycles. The Balaban J connectivity index is 3.20. The highest BCUT2D eigenvalue weighted by atomic mass is 32.1. The van der Waals surface area contributed by atoms with Crippen molar-refractivity contribution in [3.05, 3.63) is 0 Å². The Kier molecular flexibility index (Phi) is 5.49. The van der Waals surface area contributed by atoms with Crippen molar-refractivity contribution in [2.75, 3.05) is 18.8 Å². The summed E-state index contributed by atoms with van der Waals surface area (Å²) in [5.74, 6) is 0.495. The van der Waals surface area contributed by atoms with Gasteiger partial charge in [0.25, 0.3) is 0 Å². The van der Waals surface area contributed by atoms with Gasteiger partial charge in [-0.25, -0.2) is 0 Å². The van der Waals surface area contributed by atoms with Gasteiger partial charge in [0.05, 0.1) is 0 Å². The maximum absolute atomic E-state index is 11.7. The minimum Gasteiger partial charge on any atom is -0.323 e. The van der Waals surface area contributed by atoms with E-state index in [-0.39, 0.29) is 19.5 Å². The fourth-order valence-electron chi connectivity index (χ4n) is 2.38. The Bertz CT molecular complexity index is 358. The van der Waals surface area contributed by atoms with Crippen molar-refractivity contribution in [3.63, 3.8) is 0 Å². The van der Waals surface area contributed by atoms with Crippen LogP contribution in [0.1, 0.15) is 25.7 Å². The van der Waals surface area contributed by atoms with Gasteiger partial charge in [-0.05, 0) is 38.0 Å². The molecule has 0 amide bonds. The molecule has 1 saturated heterocycles. The van der Waals surface area contributed by atoms with Gasteiger partial charge in [0, 0.05) is 6.54 Å². The van der Waals surface area contributed by atoms with E-state index in [1.807, 2.05) is 0 Å². The van der Waals surface area contributed by atoms with Gasteiger partial charge in [-0.15, -0.1) is 0 Å². The summed E-state index contributed by atoms with van der Waals surface area (Å²) >= 11 is 4.01. The molecule has 1 heterocycles. The highest BCUT2D eigenvalue weighted by molar-refractivity contribution is 7.80. The molecular weight excluding hydrogens is 300 g/mol. The standard InChI is InChI=1S/C8H19NO6P2S/c10-16(11,12)8(17(13,14)15)4-1-2-5-9(8)6-3-7-18/h18H,1-7H2,(H2,10,11,12)(H2,13,14,15). The summed E-state index contributed by atoms with van der Waals surface area (Å²) in [6.07, 6.45) is 1.40. The third-order valence-corrected chi connectivity index (χ3v) is 7.97. The molecule has 0 saturated carbocycles. The first-order valence-electron chi connectivity index (χ1n) is 5.64. The molecule has 0 spiro atoms. The molecule has 1 fully saturated rings. The molecule has 1 rings (SSSR count). The zero-order valence-corrected chi connectivity index (χ0v) is 12.5. The molecule has 0 unspecified atom stereocenters. The molecular formula is C8H19NO6P2S. The van der Waals surface area contributed by atoms with Crippen LogP contribution in [-0.4, -0.2) is 48.3 Å². The summed E-state index contributed by atoms with van der Waals surface area (Å²) in [7, 11) is -9.90. The molecule has 0 bridgehead atoms. The van der Waals surface area contributed by atoms with Crippen LogP contribution in [0.15, 0.2) is 0 Å². The SMILES string of the molecule is O=P(O)(O)C1(P(=O)(O)O)CCCCN1CCCS. The van der Waals surface area contributed by atoms with E-state index in [4.69, 9.17) is 0 Å². The van der Waals surface area contributed by atoms with Crippen LogP contribution in [0.2, 0.25) is 0 Å². The maximum Gasteiger partial charge on any atom is 0.358 e. The number of thiol groups is 1. The first kappa shape index (κ1) is 16.7. The van der Waals surface area contributed by atoms with Crippen LogP contribution < -0.4 is 0 Å². The Morgan fingerprint density at radius 2 is 1.67 bits per heavy atom. The predicted molar refractivity (Wildman–Crippen MR) is 70.7 cm³/mol. The molecule has 0 atom stereocenters. The first-order valence-corrected chi connectivity index (χ1v) is 9.50. The second-order valence-corrected chi connectivity index (χ2v) is 8.84. The van der Waals surface area contributed by atoms with Crippen molar-refractivity contribution in [2.24, 2.45) is 0 Å². The molecule has 1 aliphatic heterocycles. The molecule has 7 nitrogen and oxygen atoms in total. The third kappa shape index (κ3) is 3.02. The van der Waals surface area contributed by atoms with Crippen LogP contribution in [0, 0.1) is 0 Å². The molecule has 10 heteroatoms. The van der Waals surface area contributed by atoms with Crippen molar-refractivity contribution in [1.82, 2.24) is 4.90 Å². The minimum absolute atomic E-state index is 0.186. The van der Waals surface area contributed by atoms with Crippen molar-refractivity contribution < 1.29 is 28.7 Å². The van der Waals surface area contributed by atoms with E-state index in [1.165, 1.54) is 4.90 Å². The number of hydrogen-bond donors (Lipinski definition) is 5. The summed E-state index contributed by atoms with van der Waals surface area (Å²) in [6.45, 7) is 0.504. The van der Waals surface area contributed by atoms with Crippen LogP contribution >= 0.6 is 27.8 Å². The van der Waals surface area contributed by atoms with E-state index < -0.39 is 20.2 Å². The minimum atomic E-state index is -4.95. The third-order valence-electron chi connectivity index (χ3n) is 3.22. The van der Waals surface area contributed by atoms with Crippen LogP contribution in [0.3, 0.4) is 0 Å². The Labute approximate surface area is 111 Å². The van der Waals surface area contributed by atoms with Gasteiger partial charge < -0.3 is 19.6 Å². The lowest BCUT2D eigenvalue weighted by molar-refractivity contribution is 0.119. The highest BCUT2D eigenvalue weighted by Gasteiger charge is 2.64. The van der Waals surface area contributed by atoms with Crippen LogP contribution in [-0.2, 0) is 9.13 Å². The lowest BCUT2D eigenvalue weighted by atomic mass is 10.1. The molecule has 0 aromatic rings. The molecule has 0 radical (unpaired) electrons. The summed E-state index contributed by atoms with van der Waals surface area (Å²) in [5.41, 5.74) is 0. The lowest BCUT2D eigenvalue weighted by Gasteiger charge is -2.46. The largest absolute Gasteiger partial charge is 0.358 e. The summed E-state index contributed by atoms with van der Waals surface area (Å²) in [4.78, 5) is 39.1. The van der Waals surface area contributed by atoms with Gasteiger partial charge in [0.2, 0.25) is 5.02 Å². The maximum atomic E-state index is 11.7. The average Bonchev–Trinajstić information content (AvgIpc) is 2.23. The number of nitrogens with zero attached hydrogens (tertiary/aromatic N) is 1. The van der Waals surface area contributed by atoms with Crippen LogP contribution in [0.25, 0.3) is 0 Å². The molecule has 108 valence electrons. The molecule has 0 aliphatic carbocycles. The first-order chi connectivity index (χ1) is 8.17. The molecule has 18 heavy (non-hydrogen) atoms. The van der Waals surface area contributed by atoms with Crippen LogP contribution in [0.5, 0.6) is 0 Å². The molecule has 4 N–H and O–H groups in total. The van der Waals surface area contributed by atoms with E-state index in [9.17, 15) is 28.7 Å². The number of likely N-dealkylation sites (tertiary alicyclic amines) is 1. The zero-order chi connectivity index (χ0) is 14.0. The van der Waals surface area contributed by atoms with Crippen LogP contribution in [0.4, 0.5) is 0 Å². The smallest absolute Gasteiger partial charge is 0.323 e. The summed E-state index contributed by atoms with van der Waals surface area (Å²) in [5, 5.41) is -2.35. The topological polar surface area (TPSA) is 118 Å². The normalized spacial score (nSPS) is 22.1. The van der Waals surface area contributed by atoms with Gasteiger partial charge in [-0.2, -0.15) is 12.6 Å². The van der Waals surface area contributed by atoms with Gasteiger partial charge in [-0.1, -0.05) is 0 Å². The van der Waals surface area contributed by atoms with E-state index in [0.29, 0.717) is 25.0 Å². The number of rotatable bonds is 5. The second-order valence-electron chi connectivity index (χ2n) is 4.38. The predicted octanol–water partition coefficient (Wildman–Crippen LogP) is 0.801. The zero-order valence-electron chi connectivity index (χ0n) is 9.84. The molecule has 0 aromatic heterocycles. The Morgan fingerprint density at radius 3 is 2.11 bits per heavy atom. The van der Waals surface area contributed by atoms with Gasteiger partial charge in [0.15, 0.2) is 0 Å². The number of piperidine rings is 1. The van der Waals surface area contributed by atoms with Crippen molar-refractivity contribution in [1.29, 1.82) is 0 Å². The van der Waals surface area contributed by atoms with Gasteiger partial charge in [0.1, 0.15) is 0 Å². The summed E-state index contributed by atoms with van der Waals surface area (Å²) < 4.78 is 23.3. The number of hydrogen-bond acceptors (Lipinski definition) is 4. The van der Waals surface area contributed by atoms with E-state index in [2.05, 4.69) is 12.6 Å². The van der Waals surface area contributed by atoms with E-state index >= 15 is 0 Å². The van der Waals surface area contributed by atoms with E-state index in [0.717, 1.165) is 0 Å². The van der Waals surface area contributed by atoms with Crippen molar-refractivity contribution in [2.45, 2.75) is 30.7 Å². The van der Waals surface area contributed by atoms with Gasteiger partial charge in [-0.3, -0.25) is 14.0 Å². The second kappa shape index (κ2) is 5.94. The van der Waals surface area contributed by atoms with Crippen molar-refractivity contribution in [3.8, 4) is 0 Å². The highest BCUT2D eigenvalue weighted by Crippen LogP contribution is 2.73. The average molecular weight is 319 g/mol. The van der Waals surface area contributed by atoms with Crippen molar-refractivity contribution >= 4 is 27.8 Å². The quantitative estimate of drug-likeness (QED) is 0.376. The molecule has 1 aliphatic rings. The summed E-state index contributed by atoms with van der Waals surface area (Å²) in [6, 6.07) is 0. The fourth-order valence-corrected chi connectivity index (χ4v) is 5.92. The fraction of sp³-hybridized carbons (Fsp3) is 1.00. The lowest BCUT2D eigenvalue weighted by Crippen LogP contribution is -2.51.